The van der Waals surface area contributed by atoms with Crippen molar-refractivity contribution in [3.8, 4) is 11.5 Å². The quantitative estimate of drug-likeness (QED) is 0.279. The van der Waals surface area contributed by atoms with Gasteiger partial charge in [0.15, 0.2) is 11.5 Å². The van der Waals surface area contributed by atoms with Crippen molar-refractivity contribution in [1.82, 2.24) is 5.43 Å². The lowest BCUT2D eigenvalue weighted by molar-refractivity contribution is 0.0953. The minimum atomic E-state index is -0.329. The summed E-state index contributed by atoms with van der Waals surface area (Å²) in [7, 11) is 1.57. The van der Waals surface area contributed by atoms with Gasteiger partial charge in [-0.3, -0.25) is 9.59 Å². The van der Waals surface area contributed by atoms with Crippen LogP contribution >= 0.6 is 0 Å². The van der Waals surface area contributed by atoms with Crippen LogP contribution in [0, 0.1) is 0 Å². The SMILES string of the molecule is CCOc1ccc(/C=N\NC(=O)c2ccc(CN3C(=O)c4cccc5cccc3c45)cc2)cc1OC. The van der Waals surface area contributed by atoms with E-state index in [2.05, 4.69) is 10.5 Å². The second-order valence-corrected chi connectivity index (χ2v) is 8.31. The molecule has 2 amide bonds. The summed E-state index contributed by atoms with van der Waals surface area (Å²) in [5.41, 5.74) is 6.34. The summed E-state index contributed by atoms with van der Waals surface area (Å²) in [6, 6.07) is 24.3. The number of ether oxygens (including phenoxy) is 2. The molecule has 0 radical (unpaired) electrons. The standard InChI is InChI=1S/C29H25N3O4/c1-3-36-25-15-12-20(16-26(25)35-2)17-30-31-28(33)22-13-10-19(11-14-22)18-32-24-9-5-7-21-6-4-8-23(27(21)24)29(32)34/h4-17H,3,18H2,1-2H3,(H,31,33)/b30-17-. The summed E-state index contributed by atoms with van der Waals surface area (Å²) < 4.78 is 10.8. The second kappa shape index (κ2) is 9.92. The molecular weight excluding hydrogens is 454 g/mol. The summed E-state index contributed by atoms with van der Waals surface area (Å²) in [6.07, 6.45) is 1.54. The van der Waals surface area contributed by atoms with Gasteiger partial charge in [-0.1, -0.05) is 36.4 Å². The average molecular weight is 480 g/mol. The molecule has 1 aliphatic rings. The van der Waals surface area contributed by atoms with Gasteiger partial charge in [-0.05, 0) is 65.9 Å². The molecule has 0 fully saturated rings. The first-order valence-corrected chi connectivity index (χ1v) is 11.7. The van der Waals surface area contributed by atoms with Crippen molar-refractivity contribution in [2.24, 2.45) is 5.10 Å². The molecule has 7 nitrogen and oxygen atoms in total. The highest BCUT2D eigenvalue weighted by molar-refractivity contribution is 6.24. The Labute approximate surface area is 209 Å². The van der Waals surface area contributed by atoms with Gasteiger partial charge in [-0.25, -0.2) is 5.43 Å². The number of hydrogen-bond acceptors (Lipinski definition) is 5. The number of nitrogens with one attached hydrogen (secondary N) is 1. The van der Waals surface area contributed by atoms with Crippen LogP contribution in [0.4, 0.5) is 5.69 Å². The van der Waals surface area contributed by atoms with Crippen LogP contribution in [0.3, 0.4) is 0 Å². The minimum Gasteiger partial charge on any atom is -0.493 e. The zero-order valence-electron chi connectivity index (χ0n) is 20.0. The lowest BCUT2D eigenvalue weighted by Gasteiger charge is -2.18. The predicted octanol–water partition coefficient (Wildman–Crippen LogP) is 5.17. The Morgan fingerprint density at radius 1 is 1.00 bits per heavy atom. The highest BCUT2D eigenvalue weighted by atomic mass is 16.5. The van der Waals surface area contributed by atoms with Gasteiger partial charge in [0.2, 0.25) is 0 Å². The molecule has 1 N–H and O–H groups in total. The van der Waals surface area contributed by atoms with E-state index < -0.39 is 0 Å². The highest BCUT2D eigenvalue weighted by Gasteiger charge is 2.29. The molecular formula is C29H25N3O4. The van der Waals surface area contributed by atoms with Crippen molar-refractivity contribution in [1.29, 1.82) is 0 Å². The number of methoxy groups -OCH3 is 1. The van der Waals surface area contributed by atoms with Gasteiger partial charge in [0, 0.05) is 16.5 Å². The van der Waals surface area contributed by atoms with Gasteiger partial charge < -0.3 is 14.4 Å². The normalized spacial score (nSPS) is 12.4. The van der Waals surface area contributed by atoms with Gasteiger partial charge in [0.25, 0.3) is 11.8 Å². The number of carbonyl (C=O) groups excluding carboxylic acids is 2. The van der Waals surface area contributed by atoms with E-state index in [9.17, 15) is 9.59 Å². The van der Waals surface area contributed by atoms with Gasteiger partial charge >= 0.3 is 0 Å². The summed E-state index contributed by atoms with van der Waals surface area (Å²) >= 11 is 0. The van der Waals surface area contributed by atoms with Crippen molar-refractivity contribution < 1.29 is 19.1 Å². The Kier molecular flexibility index (Phi) is 6.36. The van der Waals surface area contributed by atoms with Crippen molar-refractivity contribution in [3.63, 3.8) is 0 Å². The van der Waals surface area contributed by atoms with Crippen molar-refractivity contribution >= 4 is 34.5 Å². The second-order valence-electron chi connectivity index (χ2n) is 8.31. The fourth-order valence-corrected chi connectivity index (χ4v) is 4.35. The minimum absolute atomic E-state index is 0.0103. The van der Waals surface area contributed by atoms with E-state index in [-0.39, 0.29) is 11.8 Å². The predicted molar refractivity (Wildman–Crippen MR) is 140 cm³/mol. The van der Waals surface area contributed by atoms with Gasteiger partial charge in [-0.15, -0.1) is 0 Å². The first-order valence-electron chi connectivity index (χ1n) is 11.7. The lowest BCUT2D eigenvalue weighted by atomic mass is 10.1. The molecule has 0 atom stereocenters. The van der Waals surface area contributed by atoms with E-state index in [1.807, 2.05) is 61.5 Å². The third kappa shape index (κ3) is 4.38. The number of nitrogens with zero attached hydrogens (tertiary/aromatic N) is 2. The number of benzene rings is 4. The molecule has 1 heterocycles. The molecule has 7 heteroatoms. The van der Waals surface area contributed by atoms with Crippen LogP contribution in [0.5, 0.6) is 11.5 Å². The zero-order valence-corrected chi connectivity index (χ0v) is 20.0. The maximum atomic E-state index is 13.0. The molecule has 4 aromatic carbocycles. The monoisotopic (exact) mass is 479 g/mol. The molecule has 0 saturated heterocycles. The molecule has 0 unspecified atom stereocenters. The Hall–Kier alpha value is -4.65. The number of rotatable bonds is 8. The van der Waals surface area contributed by atoms with Crippen LogP contribution in [0.15, 0.2) is 84.0 Å². The zero-order chi connectivity index (χ0) is 25.1. The smallest absolute Gasteiger partial charge is 0.271 e. The molecule has 0 bridgehead atoms. The first-order chi connectivity index (χ1) is 17.6. The third-order valence-corrected chi connectivity index (χ3v) is 6.07. The van der Waals surface area contributed by atoms with E-state index in [1.165, 1.54) is 0 Å². The largest absolute Gasteiger partial charge is 0.493 e. The van der Waals surface area contributed by atoms with Crippen LogP contribution < -0.4 is 19.8 Å². The number of carbonyl (C=O) groups is 2. The fraction of sp³-hybridized carbons (Fsp3) is 0.138. The summed E-state index contributed by atoms with van der Waals surface area (Å²) in [5, 5.41) is 6.10. The van der Waals surface area contributed by atoms with Gasteiger partial charge in [-0.2, -0.15) is 5.10 Å². The summed E-state index contributed by atoms with van der Waals surface area (Å²) in [6.45, 7) is 2.87. The van der Waals surface area contributed by atoms with Crippen molar-refractivity contribution in [2.45, 2.75) is 13.5 Å². The van der Waals surface area contributed by atoms with Crippen molar-refractivity contribution in [3.05, 3.63) is 101 Å². The summed E-state index contributed by atoms with van der Waals surface area (Å²) in [5.74, 6) is 0.907. The molecule has 0 aromatic heterocycles. The van der Waals surface area contributed by atoms with Crippen LogP contribution in [0.25, 0.3) is 10.8 Å². The van der Waals surface area contributed by atoms with Gasteiger partial charge in [0.05, 0.1) is 32.2 Å². The lowest BCUT2D eigenvalue weighted by Crippen LogP contribution is -2.26. The van der Waals surface area contributed by atoms with Crippen LogP contribution in [0.2, 0.25) is 0 Å². The number of amides is 2. The Bertz CT molecular complexity index is 1470. The molecule has 0 aliphatic carbocycles. The van der Waals surface area contributed by atoms with E-state index >= 15 is 0 Å². The van der Waals surface area contributed by atoms with Crippen LogP contribution in [0.1, 0.15) is 38.8 Å². The Morgan fingerprint density at radius 2 is 1.78 bits per heavy atom. The fourth-order valence-electron chi connectivity index (χ4n) is 4.35. The topological polar surface area (TPSA) is 80.2 Å². The number of hydrazone groups is 1. The molecule has 180 valence electrons. The van der Waals surface area contributed by atoms with E-state index in [0.717, 1.165) is 33.2 Å². The molecule has 4 aromatic rings. The van der Waals surface area contributed by atoms with Crippen LogP contribution in [-0.2, 0) is 6.54 Å². The molecule has 0 spiro atoms. The Morgan fingerprint density at radius 3 is 2.53 bits per heavy atom. The number of hydrogen-bond donors (Lipinski definition) is 1. The van der Waals surface area contributed by atoms with Crippen LogP contribution in [-0.4, -0.2) is 31.7 Å². The molecule has 5 rings (SSSR count). The molecule has 36 heavy (non-hydrogen) atoms. The van der Waals surface area contributed by atoms with Gasteiger partial charge in [0.1, 0.15) is 0 Å². The average Bonchev–Trinajstić information content (AvgIpc) is 3.18. The Balaban J connectivity index is 1.24. The number of anilines is 1. The summed E-state index contributed by atoms with van der Waals surface area (Å²) in [4.78, 5) is 27.3. The van der Waals surface area contributed by atoms with E-state index in [1.54, 1.807) is 42.5 Å². The first kappa shape index (κ1) is 23.1. The van der Waals surface area contributed by atoms with Crippen molar-refractivity contribution in [2.75, 3.05) is 18.6 Å². The maximum absolute atomic E-state index is 13.0. The highest BCUT2D eigenvalue weighted by Crippen LogP contribution is 2.38. The maximum Gasteiger partial charge on any atom is 0.271 e. The van der Waals surface area contributed by atoms with E-state index in [4.69, 9.17) is 9.47 Å². The van der Waals surface area contributed by atoms with E-state index in [0.29, 0.717) is 30.2 Å². The molecule has 1 aliphatic heterocycles. The third-order valence-electron chi connectivity index (χ3n) is 6.07. The molecule has 0 saturated carbocycles.